The van der Waals surface area contributed by atoms with Crippen molar-refractivity contribution in [3.8, 4) is 0 Å². The van der Waals surface area contributed by atoms with Crippen molar-refractivity contribution in [2.45, 2.75) is 32.2 Å². The molecule has 0 aliphatic rings. The minimum Gasteiger partial charge on any atom is -0.480 e. The Morgan fingerprint density at radius 2 is 2.24 bits per heavy atom. The topological polar surface area (TPSA) is 66.4 Å². The first kappa shape index (κ1) is 14.2. The van der Waals surface area contributed by atoms with E-state index >= 15 is 0 Å². The summed E-state index contributed by atoms with van der Waals surface area (Å²) in [4.78, 5) is 23.1. The van der Waals surface area contributed by atoms with E-state index in [4.69, 9.17) is 5.11 Å². The number of thiophene rings is 1. The molecule has 0 saturated heterocycles. The number of halogens is 1. The average Bonchev–Trinajstić information content (AvgIpc) is 2.64. The molecule has 1 aromatic rings. The summed E-state index contributed by atoms with van der Waals surface area (Å²) in [5.41, 5.74) is 0. The molecule has 17 heavy (non-hydrogen) atoms. The highest BCUT2D eigenvalue weighted by Gasteiger charge is 2.13. The van der Waals surface area contributed by atoms with Gasteiger partial charge in [-0.05, 0) is 47.8 Å². The van der Waals surface area contributed by atoms with E-state index in [1.165, 1.54) is 11.8 Å². The summed E-state index contributed by atoms with van der Waals surface area (Å²) in [5.74, 6) is -1.23. The number of aliphatic carboxylic acids is 1. The van der Waals surface area contributed by atoms with Crippen molar-refractivity contribution in [3.05, 3.63) is 20.8 Å². The number of carboxylic acid groups (broad SMARTS) is 1. The molecule has 0 aromatic carbocycles. The number of nitrogens with one attached hydrogen (secondary N) is 1. The van der Waals surface area contributed by atoms with Gasteiger partial charge in [0.1, 0.15) is 6.04 Å². The standard InChI is InChI=1S/C11H14BrNO3S/c1-7(11(15)16)13-10(14)4-2-3-8-5-6-9(12)17-8/h5-7H,2-4H2,1H3,(H,13,14)(H,15,16). The van der Waals surface area contributed by atoms with Crippen LogP contribution in [0.1, 0.15) is 24.6 Å². The Balaban J connectivity index is 2.22. The molecule has 0 radical (unpaired) electrons. The lowest BCUT2D eigenvalue weighted by molar-refractivity contribution is -0.141. The Bertz CT molecular complexity index is 405. The molecule has 94 valence electrons. The lowest BCUT2D eigenvalue weighted by atomic mass is 10.2. The van der Waals surface area contributed by atoms with E-state index < -0.39 is 12.0 Å². The number of carbonyl (C=O) groups is 2. The third-order valence-corrected chi connectivity index (χ3v) is 3.89. The zero-order valence-electron chi connectivity index (χ0n) is 9.40. The smallest absolute Gasteiger partial charge is 0.325 e. The molecule has 1 atom stereocenters. The van der Waals surface area contributed by atoms with Crippen LogP contribution in [0, 0.1) is 0 Å². The monoisotopic (exact) mass is 319 g/mol. The maximum Gasteiger partial charge on any atom is 0.325 e. The summed E-state index contributed by atoms with van der Waals surface area (Å²) in [6.07, 6.45) is 1.92. The van der Waals surface area contributed by atoms with Crippen molar-refractivity contribution < 1.29 is 14.7 Å². The highest BCUT2D eigenvalue weighted by atomic mass is 79.9. The van der Waals surface area contributed by atoms with Crippen LogP contribution in [0.25, 0.3) is 0 Å². The van der Waals surface area contributed by atoms with Crippen LogP contribution in [0.3, 0.4) is 0 Å². The van der Waals surface area contributed by atoms with E-state index in [1.54, 1.807) is 11.3 Å². The molecular weight excluding hydrogens is 306 g/mol. The molecule has 0 aliphatic carbocycles. The number of rotatable bonds is 6. The van der Waals surface area contributed by atoms with Gasteiger partial charge >= 0.3 is 5.97 Å². The molecule has 0 saturated carbocycles. The Labute approximate surface area is 112 Å². The molecule has 0 spiro atoms. The van der Waals surface area contributed by atoms with E-state index in [0.29, 0.717) is 6.42 Å². The fourth-order valence-corrected chi connectivity index (χ4v) is 2.81. The van der Waals surface area contributed by atoms with Crippen molar-refractivity contribution in [2.24, 2.45) is 0 Å². The highest BCUT2D eigenvalue weighted by Crippen LogP contribution is 2.23. The Morgan fingerprint density at radius 1 is 1.53 bits per heavy atom. The first-order valence-corrected chi connectivity index (χ1v) is 6.86. The predicted molar refractivity (Wildman–Crippen MR) is 70.2 cm³/mol. The second-order valence-corrected chi connectivity index (χ2v) is 6.23. The van der Waals surface area contributed by atoms with Gasteiger partial charge < -0.3 is 10.4 Å². The number of carbonyl (C=O) groups excluding carboxylic acids is 1. The van der Waals surface area contributed by atoms with Crippen molar-refractivity contribution in [3.63, 3.8) is 0 Å². The normalized spacial score (nSPS) is 12.1. The molecule has 1 aromatic heterocycles. The first-order valence-electron chi connectivity index (χ1n) is 5.25. The molecule has 4 nitrogen and oxygen atoms in total. The minimum atomic E-state index is -1.01. The molecule has 1 heterocycles. The summed E-state index contributed by atoms with van der Waals surface area (Å²) in [6.45, 7) is 1.45. The lowest BCUT2D eigenvalue weighted by Gasteiger charge is -2.08. The second kappa shape index (κ2) is 6.76. The van der Waals surface area contributed by atoms with Gasteiger partial charge in [0.25, 0.3) is 0 Å². The van der Waals surface area contributed by atoms with Crippen LogP contribution in [-0.4, -0.2) is 23.0 Å². The molecule has 2 N–H and O–H groups in total. The summed E-state index contributed by atoms with van der Waals surface area (Å²) in [5, 5.41) is 11.0. The Kier molecular flexibility index (Phi) is 5.64. The Morgan fingerprint density at radius 3 is 2.76 bits per heavy atom. The molecule has 0 aliphatic heterocycles. The number of carboxylic acids is 1. The molecule has 0 bridgehead atoms. The average molecular weight is 320 g/mol. The number of amides is 1. The van der Waals surface area contributed by atoms with Gasteiger partial charge in [-0.2, -0.15) is 0 Å². The fourth-order valence-electron chi connectivity index (χ4n) is 1.28. The summed E-state index contributed by atoms with van der Waals surface area (Å²) in [7, 11) is 0. The van der Waals surface area contributed by atoms with Gasteiger partial charge in [-0.3, -0.25) is 9.59 Å². The lowest BCUT2D eigenvalue weighted by Crippen LogP contribution is -2.38. The van der Waals surface area contributed by atoms with Crippen molar-refractivity contribution in [2.75, 3.05) is 0 Å². The van der Waals surface area contributed by atoms with E-state index in [9.17, 15) is 9.59 Å². The molecular formula is C11H14BrNO3S. The zero-order valence-corrected chi connectivity index (χ0v) is 11.8. The van der Waals surface area contributed by atoms with Gasteiger partial charge in [0, 0.05) is 11.3 Å². The maximum absolute atomic E-state index is 11.4. The van der Waals surface area contributed by atoms with Crippen molar-refractivity contribution in [1.29, 1.82) is 0 Å². The van der Waals surface area contributed by atoms with Gasteiger partial charge in [0.2, 0.25) is 5.91 Å². The predicted octanol–water partition coefficient (Wildman–Crippen LogP) is 2.42. The van der Waals surface area contributed by atoms with Gasteiger partial charge in [-0.15, -0.1) is 11.3 Å². The number of hydrogen-bond acceptors (Lipinski definition) is 3. The molecule has 6 heteroatoms. The molecule has 1 amide bonds. The van der Waals surface area contributed by atoms with Crippen molar-refractivity contribution in [1.82, 2.24) is 5.32 Å². The number of aryl methyl sites for hydroxylation is 1. The quantitative estimate of drug-likeness (QED) is 0.846. The van der Waals surface area contributed by atoms with Crippen LogP contribution < -0.4 is 5.32 Å². The molecule has 0 fully saturated rings. The molecule has 1 rings (SSSR count). The largest absolute Gasteiger partial charge is 0.480 e. The van der Waals surface area contributed by atoms with E-state index in [2.05, 4.69) is 21.2 Å². The Hall–Kier alpha value is -0.880. The summed E-state index contributed by atoms with van der Waals surface area (Å²) < 4.78 is 1.08. The van der Waals surface area contributed by atoms with Gasteiger partial charge in [0.15, 0.2) is 0 Å². The van der Waals surface area contributed by atoms with E-state index in [-0.39, 0.29) is 5.91 Å². The second-order valence-electron chi connectivity index (χ2n) is 3.69. The van der Waals surface area contributed by atoms with Crippen LogP contribution in [0.2, 0.25) is 0 Å². The third kappa shape index (κ3) is 5.32. The van der Waals surface area contributed by atoms with Gasteiger partial charge in [0.05, 0.1) is 3.79 Å². The summed E-state index contributed by atoms with van der Waals surface area (Å²) in [6, 6.07) is 3.18. The molecule has 1 unspecified atom stereocenters. The van der Waals surface area contributed by atoms with Crippen LogP contribution in [0.15, 0.2) is 15.9 Å². The third-order valence-electron chi connectivity index (χ3n) is 2.20. The van der Waals surface area contributed by atoms with Gasteiger partial charge in [-0.25, -0.2) is 0 Å². The maximum atomic E-state index is 11.4. The van der Waals surface area contributed by atoms with Crippen LogP contribution in [0.4, 0.5) is 0 Å². The van der Waals surface area contributed by atoms with E-state index in [1.807, 2.05) is 12.1 Å². The highest BCUT2D eigenvalue weighted by molar-refractivity contribution is 9.11. The van der Waals surface area contributed by atoms with Crippen molar-refractivity contribution >= 4 is 39.1 Å². The minimum absolute atomic E-state index is 0.212. The van der Waals surface area contributed by atoms with Crippen LogP contribution in [-0.2, 0) is 16.0 Å². The fraction of sp³-hybridized carbons (Fsp3) is 0.455. The SMILES string of the molecule is CC(NC(=O)CCCc1ccc(Br)s1)C(=O)O. The first-order chi connectivity index (χ1) is 7.99. The summed E-state index contributed by atoms with van der Waals surface area (Å²) >= 11 is 5.02. The van der Waals surface area contributed by atoms with Crippen LogP contribution in [0.5, 0.6) is 0 Å². The number of hydrogen-bond donors (Lipinski definition) is 2. The van der Waals surface area contributed by atoms with Crippen LogP contribution >= 0.6 is 27.3 Å². The zero-order chi connectivity index (χ0) is 12.8. The van der Waals surface area contributed by atoms with Gasteiger partial charge in [-0.1, -0.05) is 0 Å². The van der Waals surface area contributed by atoms with E-state index in [0.717, 1.165) is 16.6 Å².